The van der Waals surface area contributed by atoms with Crippen LogP contribution in [0.2, 0.25) is 0 Å². The Morgan fingerprint density at radius 2 is 1.75 bits per heavy atom. The van der Waals surface area contributed by atoms with Crippen LogP contribution in [-0.4, -0.2) is 30.8 Å². The van der Waals surface area contributed by atoms with Gasteiger partial charge in [-0.15, -0.1) is 11.8 Å². The summed E-state index contributed by atoms with van der Waals surface area (Å²) in [6.45, 7) is 0.954. The molecule has 5 rings (SSSR count). The fourth-order valence-electron chi connectivity index (χ4n) is 3.74. The number of thioether (sulfide) groups is 1. The molecule has 0 bridgehead atoms. The molecule has 1 unspecified atom stereocenters. The molecule has 2 aliphatic rings. The molecule has 0 aliphatic carbocycles. The van der Waals surface area contributed by atoms with E-state index in [0.29, 0.717) is 47.4 Å². The average molecular weight is 450 g/mol. The van der Waals surface area contributed by atoms with E-state index in [-0.39, 0.29) is 17.2 Å². The first-order valence-electron chi connectivity index (χ1n) is 10.1. The van der Waals surface area contributed by atoms with Crippen molar-refractivity contribution < 1.29 is 23.5 Å². The first-order valence-corrected chi connectivity index (χ1v) is 11.1. The molecule has 0 spiro atoms. The van der Waals surface area contributed by atoms with E-state index >= 15 is 0 Å². The van der Waals surface area contributed by atoms with E-state index in [1.54, 1.807) is 17.0 Å². The van der Waals surface area contributed by atoms with Crippen LogP contribution in [0.5, 0.6) is 11.5 Å². The first-order chi connectivity index (χ1) is 15.6. The standard InChI is InChI=1S/C24H19FN2O4S/c25-16-7-5-15(6-8-16)23(29)26-19-4-2-1-3-18(19)24-27(22(28)14-32-24)17-9-10-20-21(13-17)31-12-11-30-20/h1-10,13,24H,11-12,14H2,(H,26,29). The second-order valence-corrected chi connectivity index (χ2v) is 8.37. The van der Waals surface area contributed by atoms with Crippen LogP contribution in [0.3, 0.4) is 0 Å². The van der Waals surface area contributed by atoms with Crippen LogP contribution >= 0.6 is 11.8 Å². The minimum Gasteiger partial charge on any atom is -0.486 e. The molecule has 1 saturated heterocycles. The van der Waals surface area contributed by atoms with E-state index in [1.807, 2.05) is 30.3 Å². The normalized spacial score (nSPS) is 17.3. The fraction of sp³-hybridized carbons (Fsp3) is 0.167. The molecule has 162 valence electrons. The van der Waals surface area contributed by atoms with Crippen molar-refractivity contribution in [1.29, 1.82) is 0 Å². The van der Waals surface area contributed by atoms with Crippen LogP contribution in [-0.2, 0) is 4.79 Å². The molecular weight excluding hydrogens is 431 g/mol. The third kappa shape index (κ3) is 3.89. The van der Waals surface area contributed by atoms with E-state index in [9.17, 15) is 14.0 Å². The molecule has 6 nitrogen and oxygen atoms in total. The number of amides is 2. The number of rotatable bonds is 4. The zero-order chi connectivity index (χ0) is 22.1. The highest BCUT2D eigenvalue weighted by molar-refractivity contribution is 8.00. The summed E-state index contributed by atoms with van der Waals surface area (Å²) < 4.78 is 24.5. The number of nitrogens with zero attached hydrogens (tertiary/aromatic N) is 1. The van der Waals surface area contributed by atoms with Gasteiger partial charge in [-0.1, -0.05) is 18.2 Å². The second kappa shape index (κ2) is 8.55. The number of carbonyl (C=O) groups is 2. The Balaban J connectivity index is 1.46. The maximum Gasteiger partial charge on any atom is 0.255 e. The number of fused-ring (bicyclic) bond motifs is 1. The predicted octanol–water partition coefficient (Wildman–Crippen LogP) is 4.63. The van der Waals surface area contributed by atoms with E-state index < -0.39 is 5.82 Å². The SMILES string of the molecule is O=C(Nc1ccccc1C1SCC(=O)N1c1ccc2c(c1)OCCO2)c1ccc(F)cc1. The highest BCUT2D eigenvalue weighted by Crippen LogP contribution is 2.46. The van der Waals surface area contributed by atoms with Crippen molar-refractivity contribution in [2.75, 3.05) is 29.2 Å². The van der Waals surface area contributed by atoms with Crippen molar-refractivity contribution in [3.63, 3.8) is 0 Å². The minimum atomic E-state index is -0.405. The molecule has 3 aromatic rings. The highest BCUT2D eigenvalue weighted by atomic mass is 32.2. The smallest absolute Gasteiger partial charge is 0.255 e. The van der Waals surface area contributed by atoms with Gasteiger partial charge in [0.15, 0.2) is 11.5 Å². The van der Waals surface area contributed by atoms with Crippen molar-refractivity contribution in [3.05, 3.63) is 83.7 Å². The fourth-order valence-corrected chi connectivity index (χ4v) is 4.95. The summed E-state index contributed by atoms with van der Waals surface area (Å²) in [7, 11) is 0. The Morgan fingerprint density at radius 1 is 1.00 bits per heavy atom. The summed E-state index contributed by atoms with van der Waals surface area (Å²) in [5.41, 5.74) is 2.44. The molecule has 8 heteroatoms. The zero-order valence-electron chi connectivity index (χ0n) is 16.9. The number of ether oxygens (including phenoxy) is 2. The van der Waals surface area contributed by atoms with Crippen LogP contribution in [0, 0.1) is 5.82 Å². The van der Waals surface area contributed by atoms with E-state index in [2.05, 4.69) is 5.32 Å². The lowest BCUT2D eigenvalue weighted by atomic mass is 10.1. The Hall–Kier alpha value is -3.52. The van der Waals surface area contributed by atoms with E-state index in [1.165, 1.54) is 36.0 Å². The van der Waals surface area contributed by atoms with Gasteiger partial charge in [0, 0.05) is 28.6 Å². The number of benzene rings is 3. The lowest BCUT2D eigenvalue weighted by Crippen LogP contribution is -2.28. The van der Waals surface area contributed by atoms with E-state index in [4.69, 9.17) is 9.47 Å². The number of halogens is 1. The van der Waals surface area contributed by atoms with Crippen LogP contribution < -0.4 is 19.7 Å². The Kier molecular flexibility index (Phi) is 5.45. The number of hydrogen-bond donors (Lipinski definition) is 1. The lowest BCUT2D eigenvalue weighted by molar-refractivity contribution is -0.115. The molecule has 0 saturated carbocycles. The number of hydrogen-bond acceptors (Lipinski definition) is 5. The number of para-hydroxylation sites is 1. The first kappa shape index (κ1) is 20.4. The summed E-state index contributed by atoms with van der Waals surface area (Å²) >= 11 is 1.49. The third-order valence-corrected chi connectivity index (χ3v) is 6.45. The van der Waals surface area contributed by atoms with Gasteiger partial charge in [-0.05, 0) is 42.5 Å². The van der Waals surface area contributed by atoms with Crippen LogP contribution in [0.1, 0.15) is 21.3 Å². The van der Waals surface area contributed by atoms with Crippen LogP contribution in [0.25, 0.3) is 0 Å². The second-order valence-electron chi connectivity index (χ2n) is 7.30. The van der Waals surface area contributed by atoms with Gasteiger partial charge in [-0.2, -0.15) is 0 Å². The summed E-state index contributed by atoms with van der Waals surface area (Å²) in [6.07, 6.45) is 0. The summed E-state index contributed by atoms with van der Waals surface area (Å²) in [4.78, 5) is 27.3. The summed E-state index contributed by atoms with van der Waals surface area (Å²) in [5, 5.41) is 2.58. The zero-order valence-corrected chi connectivity index (χ0v) is 17.7. The molecular formula is C24H19FN2O4S. The Morgan fingerprint density at radius 3 is 2.56 bits per heavy atom. The molecule has 0 aromatic heterocycles. The van der Waals surface area contributed by atoms with Crippen LogP contribution in [0.15, 0.2) is 66.7 Å². The van der Waals surface area contributed by atoms with Crippen LogP contribution in [0.4, 0.5) is 15.8 Å². The Bertz CT molecular complexity index is 1180. The Labute approximate surface area is 188 Å². The maximum absolute atomic E-state index is 13.2. The quantitative estimate of drug-likeness (QED) is 0.628. The van der Waals surface area contributed by atoms with Crippen molar-refractivity contribution in [2.24, 2.45) is 0 Å². The molecule has 32 heavy (non-hydrogen) atoms. The molecule has 2 amide bonds. The highest BCUT2D eigenvalue weighted by Gasteiger charge is 2.36. The topological polar surface area (TPSA) is 67.9 Å². The van der Waals surface area contributed by atoms with E-state index in [0.717, 1.165) is 5.56 Å². The molecule has 1 N–H and O–H groups in total. The van der Waals surface area contributed by atoms with Gasteiger partial charge in [-0.25, -0.2) is 4.39 Å². The van der Waals surface area contributed by atoms with Gasteiger partial charge < -0.3 is 14.8 Å². The molecule has 3 aromatic carbocycles. The van der Waals surface area contributed by atoms with Gasteiger partial charge >= 0.3 is 0 Å². The molecule has 2 aliphatic heterocycles. The minimum absolute atomic E-state index is 0.0312. The lowest BCUT2D eigenvalue weighted by Gasteiger charge is -2.27. The predicted molar refractivity (Wildman–Crippen MR) is 121 cm³/mol. The van der Waals surface area contributed by atoms with Gasteiger partial charge in [-0.3, -0.25) is 14.5 Å². The largest absolute Gasteiger partial charge is 0.486 e. The maximum atomic E-state index is 13.2. The van der Waals surface area contributed by atoms with Crippen molar-refractivity contribution >= 4 is 35.0 Å². The monoisotopic (exact) mass is 450 g/mol. The summed E-state index contributed by atoms with van der Waals surface area (Å²) in [5.74, 6) is 0.795. The van der Waals surface area contributed by atoms with Gasteiger partial charge in [0.05, 0.1) is 5.75 Å². The molecule has 1 atom stereocenters. The van der Waals surface area contributed by atoms with Crippen molar-refractivity contribution in [2.45, 2.75) is 5.37 Å². The number of carbonyl (C=O) groups excluding carboxylic acids is 2. The van der Waals surface area contributed by atoms with Gasteiger partial charge in [0.25, 0.3) is 5.91 Å². The van der Waals surface area contributed by atoms with Gasteiger partial charge in [0.1, 0.15) is 24.4 Å². The average Bonchev–Trinajstić information content (AvgIpc) is 3.20. The molecule has 1 fully saturated rings. The number of nitrogens with one attached hydrogen (secondary N) is 1. The summed E-state index contributed by atoms with van der Waals surface area (Å²) in [6, 6.07) is 18.2. The molecule has 2 heterocycles. The van der Waals surface area contributed by atoms with Crippen molar-refractivity contribution in [1.82, 2.24) is 0 Å². The molecule has 0 radical (unpaired) electrons. The van der Waals surface area contributed by atoms with Gasteiger partial charge in [0.2, 0.25) is 5.91 Å². The number of anilines is 2. The third-order valence-electron chi connectivity index (χ3n) is 5.25. The van der Waals surface area contributed by atoms with Crippen molar-refractivity contribution in [3.8, 4) is 11.5 Å².